The summed E-state index contributed by atoms with van der Waals surface area (Å²) in [4.78, 5) is 0. The molecule has 82 valence electrons. The Bertz CT molecular complexity index is 478. The molecule has 0 nitrogen and oxygen atoms in total. The average Bonchev–Trinajstić information content (AvgIpc) is 2.30. The molecule has 0 aromatic heterocycles. The highest BCUT2D eigenvalue weighted by Crippen LogP contribution is 2.27. The molecule has 0 aliphatic rings. The van der Waals surface area contributed by atoms with Crippen LogP contribution >= 0.6 is 0 Å². The first-order chi connectivity index (χ1) is 7.72. The second kappa shape index (κ2) is 4.52. The molecule has 16 heavy (non-hydrogen) atoms. The Hall–Kier alpha value is -1.56. The molecule has 0 heterocycles. The Labute approximate surface area is 97.9 Å². The third-order valence-corrected chi connectivity index (χ3v) is 3.08. The van der Waals surface area contributed by atoms with Crippen molar-refractivity contribution in [3.05, 3.63) is 59.2 Å². The Morgan fingerprint density at radius 2 is 1.56 bits per heavy atom. The third-order valence-electron chi connectivity index (χ3n) is 3.08. The van der Waals surface area contributed by atoms with Crippen molar-refractivity contribution in [2.45, 2.75) is 27.2 Å². The molecule has 0 aliphatic carbocycles. The fourth-order valence-electron chi connectivity index (χ4n) is 2.16. The van der Waals surface area contributed by atoms with E-state index in [2.05, 4.69) is 63.2 Å². The maximum Gasteiger partial charge on any atom is -0.0123 e. The fraction of sp³-hybridized carbons (Fsp3) is 0.250. The van der Waals surface area contributed by atoms with E-state index in [9.17, 15) is 0 Å². The van der Waals surface area contributed by atoms with Gasteiger partial charge < -0.3 is 0 Å². The van der Waals surface area contributed by atoms with Crippen LogP contribution in [0.15, 0.2) is 42.5 Å². The first-order valence-corrected chi connectivity index (χ1v) is 5.88. The van der Waals surface area contributed by atoms with Gasteiger partial charge in [-0.15, -0.1) is 0 Å². The lowest BCUT2D eigenvalue weighted by Crippen LogP contribution is -1.91. The van der Waals surface area contributed by atoms with E-state index in [4.69, 9.17) is 0 Å². The van der Waals surface area contributed by atoms with Crippen molar-refractivity contribution < 1.29 is 0 Å². The largest absolute Gasteiger partial charge is 0.0617 e. The number of rotatable bonds is 2. The van der Waals surface area contributed by atoms with Crippen LogP contribution in [0.25, 0.3) is 11.1 Å². The SMILES string of the molecule is CCc1cccc(C)c1-c1ccc(C)cc1. The van der Waals surface area contributed by atoms with E-state index in [1.807, 2.05) is 0 Å². The van der Waals surface area contributed by atoms with Crippen molar-refractivity contribution in [3.63, 3.8) is 0 Å². The molecule has 2 rings (SSSR count). The van der Waals surface area contributed by atoms with Gasteiger partial charge in [0.2, 0.25) is 0 Å². The quantitative estimate of drug-likeness (QED) is 0.683. The van der Waals surface area contributed by atoms with Gasteiger partial charge in [0, 0.05) is 0 Å². The summed E-state index contributed by atoms with van der Waals surface area (Å²) < 4.78 is 0. The Kier molecular flexibility index (Phi) is 3.09. The Morgan fingerprint density at radius 3 is 2.19 bits per heavy atom. The summed E-state index contributed by atoms with van der Waals surface area (Å²) >= 11 is 0. The van der Waals surface area contributed by atoms with Crippen LogP contribution in [-0.2, 0) is 6.42 Å². The molecule has 0 fully saturated rings. The van der Waals surface area contributed by atoms with E-state index in [0.717, 1.165) is 6.42 Å². The van der Waals surface area contributed by atoms with Gasteiger partial charge in [-0.3, -0.25) is 0 Å². The van der Waals surface area contributed by atoms with Gasteiger partial charge >= 0.3 is 0 Å². The summed E-state index contributed by atoms with van der Waals surface area (Å²) in [6.45, 7) is 6.53. The number of hydrogen-bond donors (Lipinski definition) is 0. The van der Waals surface area contributed by atoms with Gasteiger partial charge in [-0.05, 0) is 42.5 Å². The number of benzene rings is 2. The van der Waals surface area contributed by atoms with Crippen LogP contribution in [0.3, 0.4) is 0 Å². The minimum absolute atomic E-state index is 1.09. The summed E-state index contributed by atoms with van der Waals surface area (Å²) in [6, 6.07) is 15.4. The summed E-state index contributed by atoms with van der Waals surface area (Å²) in [5.74, 6) is 0. The number of hydrogen-bond acceptors (Lipinski definition) is 0. The predicted molar refractivity (Wildman–Crippen MR) is 70.7 cm³/mol. The molecule has 0 N–H and O–H groups in total. The molecule has 0 unspecified atom stereocenters. The average molecular weight is 210 g/mol. The van der Waals surface area contributed by atoms with Crippen LogP contribution in [0.4, 0.5) is 0 Å². The highest BCUT2D eigenvalue weighted by atomic mass is 14.1. The molecule has 0 spiro atoms. The lowest BCUT2D eigenvalue weighted by Gasteiger charge is -2.11. The summed E-state index contributed by atoms with van der Waals surface area (Å²) in [7, 11) is 0. The first kappa shape index (κ1) is 10.9. The maximum absolute atomic E-state index is 2.22. The normalized spacial score (nSPS) is 10.4. The lowest BCUT2D eigenvalue weighted by atomic mass is 9.93. The fourth-order valence-corrected chi connectivity index (χ4v) is 2.16. The van der Waals surface area contributed by atoms with Crippen LogP contribution in [0.2, 0.25) is 0 Å². The lowest BCUT2D eigenvalue weighted by molar-refractivity contribution is 1.13. The molecule has 0 saturated heterocycles. The van der Waals surface area contributed by atoms with Gasteiger partial charge in [-0.25, -0.2) is 0 Å². The minimum Gasteiger partial charge on any atom is -0.0617 e. The van der Waals surface area contributed by atoms with Crippen molar-refractivity contribution in [3.8, 4) is 11.1 Å². The molecule has 0 bridgehead atoms. The van der Waals surface area contributed by atoms with Gasteiger partial charge in [0.15, 0.2) is 0 Å². The van der Waals surface area contributed by atoms with Crippen LogP contribution in [-0.4, -0.2) is 0 Å². The van der Waals surface area contributed by atoms with E-state index in [-0.39, 0.29) is 0 Å². The maximum atomic E-state index is 2.22. The Morgan fingerprint density at radius 1 is 0.875 bits per heavy atom. The van der Waals surface area contributed by atoms with Crippen molar-refractivity contribution in [1.29, 1.82) is 0 Å². The second-order valence-electron chi connectivity index (χ2n) is 4.33. The minimum atomic E-state index is 1.09. The Balaban J connectivity index is 2.58. The van der Waals surface area contributed by atoms with Gasteiger partial charge in [0.1, 0.15) is 0 Å². The zero-order chi connectivity index (χ0) is 11.5. The van der Waals surface area contributed by atoms with E-state index < -0.39 is 0 Å². The molecular weight excluding hydrogens is 192 g/mol. The topological polar surface area (TPSA) is 0 Å². The standard InChI is InChI=1S/C16H18/c1-4-14-7-5-6-13(3)16(14)15-10-8-12(2)9-11-15/h5-11H,4H2,1-3H3. The zero-order valence-electron chi connectivity index (χ0n) is 10.2. The summed E-state index contributed by atoms with van der Waals surface area (Å²) in [5.41, 5.74) is 6.85. The number of aryl methyl sites for hydroxylation is 3. The summed E-state index contributed by atoms with van der Waals surface area (Å²) in [5, 5.41) is 0. The van der Waals surface area contributed by atoms with Crippen molar-refractivity contribution >= 4 is 0 Å². The highest BCUT2D eigenvalue weighted by Gasteiger charge is 2.05. The van der Waals surface area contributed by atoms with Gasteiger partial charge in [0.05, 0.1) is 0 Å². The molecule has 0 heteroatoms. The van der Waals surface area contributed by atoms with Gasteiger partial charge in [-0.2, -0.15) is 0 Å². The molecule has 0 atom stereocenters. The first-order valence-electron chi connectivity index (χ1n) is 5.88. The van der Waals surface area contributed by atoms with Crippen molar-refractivity contribution in [2.24, 2.45) is 0 Å². The van der Waals surface area contributed by atoms with E-state index in [1.54, 1.807) is 0 Å². The van der Waals surface area contributed by atoms with E-state index in [0.29, 0.717) is 0 Å². The van der Waals surface area contributed by atoms with Crippen molar-refractivity contribution in [1.82, 2.24) is 0 Å². The second-order valence-corrected chi connectivity index (χ2v) is 4.33. The van der Waals surface area contributed by atoms with Gasteiger partial charge in [0.25, 0.3) is 0 Å². The molecule has 0 aliphatic heterocycles. The predicted octanol–water partition coefficient (Wildman–Crippen LogP) is 4.53. The van der Waals surface area contributed by atoms with Crippen LogP contribution in [0, 0.1) is 13.8 Å². The molecular formula is C16H18. The smallest absolute Gasteiger partial charge is 0.0123 e. The molecule has 2 aromatic carbocycles. The monoisotopic (exact) mass is 210 g/mol. The molecule has 0 saturated carbocycles. The molecule has 0 radical (unpaired) electrons. The van der Waals surface area contributed by atoms with Gasteiger partial charge in [-0.1, -0.05) is 55.0 Å². The van der Waals surface area contributed by atoms with Crippen LogP contribution in [0.5, 0.6) is 0 Å². The van der Waals surface area contributed by atoms with Crippen LogP contribution in [0.1, 0.15) is 23.6 Å². The van der Waals surface area contributed by atoms with E-state index in [1.165, 1.54) is 27.8 Å². The highest BCUT2D eigenvalue weighted by molar-refractivity contribution is 5.71. The zero-order valence-corrected chi connectivity index (χ0v) is 10.2. The summed E-state index contributed by atoms with van der Waals surface area (Å²) in [6.07, 6.45) is 1.09. The molecule has 2 aromatic rings. The van der Waals surface area contributed by atoms with Crippen LogP contribution < -0.4 is 0 Å². The van der Waals surface area contributed by atoms with Crippen molar-refractivity contribution in [2.75, 3.05) is 0 Å². The molecule has 0 amide bonds. The third kappa shape index (κ3) is 2.01. The van der Waals surface area contributed by atoms with E-state index >= 15 is 0 Å².